The van der Waals surface area contributed by atoms with Gasteiger partial charge in [-0.25, -0.2) is 0 Å². The summed E-state index contributed by atoms with van der Waals surface area (Å²) in [6.45, 7) is 5.69. The second-order valence-corrected chi connectivity index (χ2v) is 4.98. The molecule has 0 radical (unpaired) electrons. The van der Waals surface area contributed by atoms with Gasteiger partial charge in [0.2, 0.25) is 6.79 Å². The van der Waals surface area contributed by atoms with Crippen LogP contribution in [0, 0.1) is 10.1 Å². The number of nitrogens with one attached hydrogen (secondary N) is 1. The Morgan fingerprint density at radius 2 is 1.82 bits per heavy atom. The van der Waals surface area contributed by atoms with Crippen molar-refractivity contribution < 1.29 is 14.4 Å². The minimum atomic E-state index is -0.351. The Morgan fingerprint density at radius 1 is 1.23 bits per heavy atom. The van der Waals surface area contributed by atoms with E-state index in [4.69, 9.17) is 9.47 Å². The number of hydrogen-bond donors (Lipinski definition) is 1. The van der Waals surface area contributed by atoms with E-state index >= 15 is 0 Å². The van der Waals surface area contributed by atoms with E-state index in [-0.39, 0.29) is 48.3 Å². The highest BCUT2D eigenvalue weighted by atomic mass is 35.5. The van der Waals surface area contributed by atoms with Crippen LogP contribution in [0.2, 0.25) is 0 Å². The number of nitro benzene ring substituents is 1. The number of rotatable bonds is 3. The Kier molecular flexibility index (Phi) is 6.67. The second kappa shape index (κ2) is 7.82. The molecular formula is C13H19Cl2N3O4. The van der Waals surface area contributed by atoms with Crippen molar-refractivity contribution in [3.63, 3.8) is 0 Å². The third-order valence-corrected chi connectivity index (χ3v) is 3.87. The van der Waals surface area contributed by atoms with Gasteiger partial charge in [-0.1, -0.05) is 0 Å². The van der Waals surface area contributed by atoms with Crippen LogP contribution in [0.15, 0.2) is 12.1 Å². The van der Waals surface area contributed by atoms with Crippen molar-refractivity contribution in [1.82, 2.24) is 10.2 Å². The van der Waals surface area contributed by atoms with Gasteiger partial charge in [0.05, 0.1) is 16.6 Å². The van der Waals surface area contributed by atoms with Crippen LogP contribution in [-0.4, -0.2) is 42.8 Å². The molecule has 0 saturated carbocycles. The van der Waals surface area contributed by atoms with Crippen LogP contribution in [0.1, 0.15) is 18.5 Å². The van der Waals surface area contributed by atoms with E-state index in [1.54, 1.807) is 6.07 Å². The zero-order chi connectivity index (χ0) is 14.1. The SMILES string of the molecule is C[C@@H](c1cc2c(cc1[N+](=O)[O-])OCO2)N1CCNCC1.Cl.Cl. The molecule has 7 nitrogen and oxygen atoms in total. The van der Waals surface area contributed by atoms with Gasteiger partial charge in [0.1, 0.15) is 0 Å². The first kappa shape index (κ1) is 18.8. The molecule has 0 unspecified atom stereocenters. The van der Waals surface area contributed by atoms with Gasteiger partial charge in [-0.3, -0.25) is 15.0 Å². The summed E-state index contributed by atoms with van der Waals surface area (Å²) < 4.78 is 10.6. The standard InChI is InChI=1S/C13H17N3O4.2ClH/c1-9(15-4-2-14-3-5-15)10-6-12-13(20-8-19-12)7-11(10)16(17)18;;/h6-7,9,14H,2-5,8H2,1H3;2*1H/t9-;;/m0../s1. The van der Waals surface area contributed by atoms with E-state index < -0.39 is 0 Å². The summed E-state index contributed by atoms with van der Waals surface area (Å²) in [4.78, 5) is 13.2. The molecular weight excluding hydrogens is 333 g/mol. The molecule has 1 saturated heterocycles. The van der Waals surface area contributed by atoms with E-state index in [1.165, 1.54) is 6.07 Å². The lowest BCUT2D eigenvalue weighted by atomic mass is 10.0. The molecule has 2 aliphatic rings. The summed E-state index contributed by atoms with van der Waals surface area (Å²) in [5.74, 6) is 1.04. The normalized spacial score (nSPS) is 18.0. The monoisotopic (exact) mass is 351 g/mol. The third-order valence-electron chi connectivity index (χ3n) is 3.87. The molecule has 0 aliphatic carbocycles. The van der Waals surface area contributed by atoms with E-state index in [9.17, 15) is 10.1 Å². The number of nitrogens with zero attached hydrogens (tertiary/aromatic N) is 2. The molecule has 1 N–H and O–H groups in total. The molecule has 22 heavy (non-hydrogen) atoms. The molecule has 1 aromatic rings. The molecule has 1 atom stereocenters. The summed E-state index contributed by atoms with van der Waals surface area (Å²) in [5, 5.41) is 14.6. The van der Waals surface area contributed by atoms with Crippen LogP contribution >= 0.6 is 24.8 Å². The summed E-state index contributed by atoms with van der Waals surface area (Å²) in [7, 11) is 0. The lowest BCUT2D eigenvalue weighted by Gasteiger charge is -2.32. The van der Waals surface area contributed by atoms with Gasteiger partial charge in [-0.05, 0) is 13.0 Å². The van der Waals surface area contributed by atoms with Gasteiger partial charge in [-0.2, -0.15) is 0 Å². The van der Waals surface area contributed by atoms with Gasteiger partial charge in [-0.15, -0.1) is 24.8 Å². The van der Waals surface area contributed by atoms with Crippen LogP contribution < -0.4 is 14.8 Å². The Bertz CT molecular complexity index is 538. The van der Waals surface area contributed by atoms with Crippen molar-refractivity contribution in [2.45, 2.75) is 13.0 Å². The molecule has 0 aromatic heterocycles. The molecule has 0 amide bonds. The summed E-state index contributed by atoms with van der Waals surface area (Å²) >= 11 is 0. The van der Waals surface area contributed by atoms with E-state index in [2.05, 4.69) is 10.2 Å². The maximum atomic E-state index is 11.3. The number of benzene rings is 1. The van der Waals surface area contributed by atoms with E-state index in [1.807, 2.05) is 6.92 Å². The molecule has 1 fully saturated rings. The number of piperazine rings is 1. The zero-order valence-corrected chi connectivity index (χ0v) is 13.7. The van der Waals surface area contributed by atoms with Crippen LogP contribution in [-0.2, 0) is 0 Å². The van der Waals surface area contributed by atoms with Crippen molar-refractivity contribution in [3.8, 4) is 11.5 Å². The van der Waals surface area contributed by atoms with Crippen molar-refractivity contribution in [2.75, 3.05) is 33.0 Å². The largest absolute Gasteiger partial charge is 0.454 e. The summed E-state index contributed by atoms with van der Waals surface area (Å²) in [6, 6.07) is 3.19. The Morgan fingerprint density at radius 3 is 2.41 bits per heavy atom. The smallest absolute Gasteiger partial charge is 0.278 e. The van der Waals surface area contributed by atoms with Crippen LogP contribution in [0.25, 0.3) is 0 Å². The van der Waals surface area contributed by atoms with Gasteiger partial charge in [0.15, 0.2) is 11.5 Å². The fraction of sp³-hybridized carbons (Fsp3) is 0.538. The van der Waals surface area contributed by atoms with Gasteiger partial charge in [0.25, 0.3) is 5.69 Å². The number of nitro groups is 1. The second-order valence-electron chi connectivity index (χ2n) is 4.98. The lowest BCUT2D eigenvalue weighted by molar-refractivity contribution is -0.386. The van der Waals surface area contributed by atoms with Crippen LogP contribution in [0.4, 0.5) is 5.69 Å². The van der Waals surface area contributed by atoms with Crippen molar-refractivity contribution in [1.29, 1.82) is 0 Å². The Hall–Kier alpha value is -1.28. The molecule has 1 aromatic carbocycles. The average molecular weight is 352 g/mol. The number of halogens is 2. The van der Waals surface area contributed by atoms with Gasteiger partial charge < -0.3 is 14.8 Å². The topological polar surface area (TPSA) is 76.9 Å². The fourth-order valence-corrected chi connectivity index (χ4v) is 2.71. The summed E-state index contributed by atoms with van der Waals surface area (Å²) in [6.07, 6.45) is 0. The van der Waals surface area contributed by atoms with E-state index in [0.717, 1.165) is 26.2 Å². The van der Waals surface area contributed by atoms with Gasteiger partial charge >= 0.3 is 0 Å². The first-order valence-electron chi connectivity index (χ1n) is 6.69. The minimum absolute atomic E-state index is 0. The van der Waals surface area contributed by atoms with Crippen molar-refractivity contribution in [2.24, 2.45) is 0 Å². The highest BCUT2D eigenvalue weighted by Crippen LogP contribution is 2.41. The fourth-order valence-electron chi connectivity index (χ4n) is 2.71. The van der Waals surface area contributed by atoms with Crippen LogP contribution in [0.3, 0.4) is 0 Å². The van der Waals surface area contributed by atoms with Crippen LogP contribution in [0.5, 0.6) is 11.5 Å². The number of fused-ring (bicyclic) bond motifs is 1. The predicted molar refractivity (Wildman–Crippen MR) is 86.6 cm³/mol. The average Bonchev–Trinajstić information content (AvgIpc) is 2.93. The molecule has 0 spiro atoms. The third kappa shape index (κ3) is 3.55. The maximum Gasteiger partial charge on any atom is 0.278 e. The molecule has 0 bridgehead atoms. The van der Waals surface area contributed by atoms with Crippen molar-refractivity contribution >= 4 is 30.5 Å². The predicted octanol–water partition coefficient (Wildman–Crippen LogP) is 2.13. The molecule has 9 heteroatoms. The molecule has 2 heterocycles. The highest BCUT2D eigenvalue weighted by molar-refractivity contribution is 5.85. The minimum Gasteiger partial charge on any atom is -0.454 e. The van der Waals surface area contributed by atoms with E-state index in [0.29, 0.717) is 17.1 Å². The Balaban J connectivity index is 0.00000121. The van der Waals surface area contributed by atoms with Gasteiger partial charge in [0, 0.05) is 32.2 Å². The number of ether oxygens (including phenoxy) is 2. The maximum absolute atomic E-state index is 11.3. The number of hydrogen-bond acceptors (Lipinski definition) is 6. The molecule has 2 aliphatic heterocycles. The highest BCUT2D eigenvalue weighted by Gasteiger charge is 2.29. The summed E-state index contributed by atoms with van der Waals surface area (Å²) in [5.41, 5.74) is 0.779. The zero-order valence-electron chi connectivity index (χ0n) is 12.1. The first-order chi connectivity index (χ1) is 9.66. The quantitative estimate of drug-likeness (QED) is 0.663. The Labute approximate surface area is 140 Å². The molecule has 3 rings (SSSR count). The lowest BCUT2D eigenvalue weighted by Crippen LogP contribution is -2.44. The van der Waals surface area contributed by atoms with Crippen molar-refractivity contribution in [3.05, 3.63) is 27.8 Å². The molecule has 124 valence electrons. The first-order valence-corrected chi connectivity index (χ1v) is 6.69.